The Labute approximate surface area is 110 Å². The molecule has 4 nitrogen and oxygen atoms in total. The van der Waals surface area contributed by atoms with Gasteiger partial charge in [-0.15, -0.1) is 0 Å². The molecule has 0 N–H and O–H groups in total. The normalized spacial score (nSPS) is 24.4. The standard InChI is InChI=1S/C14H25NO3/c1-13(2,3)12(16)15(4)11-5-7-14(8-6-11)17-9-10-18-14/h11H,5-10H2,1-4H3. The fraction of sp³-hybridized carbons (Fsp3) is 0.929. The molecule has 0 bridgehead atoms. The van der Waals surface area contributed by atoms with Gasteiger partial charge in [0.25, 0.3) is 0 Å². The summed E-state index contributed by atoms with van der Waals surface area (Å²) in [6.07, 6.45) is 3.75. The molecule has 0 aromatic heterocycles. The van der Waals surface area contributed by atoms with Crippen molar-refractivity contribution < 1.29 is 14.3 Å². The molecule has 0 aromatic carbocycles. The average Bonchev–Trinajstić information content (AvgIpc) is 2.75. The predicted octanol–water partition coefficient (Wildman–Crippen LogP) is 2.18. The Kier molecular flexibility index (Phi) is 3.70. The summed E-state index contributed by atoms with van der Waals surface area (Å²) in [5.41, 5.74) is -0.301. The summed E-state index contributed by atoms with van der Waals surface area (Å²) in [6, 6.07) is 0.329. The van der Waals surface area contributed by atoms with Crippen molar-refractivity contribution in [2.75, 3.05) is 20.3 Å². The van der Waals surface area contributed by atoms with Crippen molar-refractivity contribution in [2.24, 2.45) is 5.41 Å². The number of ether oxygens (including phenoxy) is 2. The number of carbonyl (C=O) groups is 1. The quantitative estimate of drug-likeness (QED) is 0.721. The molecule has 4 heteroatoms. The van der Waals surface area contributed by atoms with Crippen LogP contribution >= 0.6 is 0 Å². The first kappa shape index (κ1) is 13.8. The van der Waals surface area contributed by atoms with Crippen LogP contribution in [0.3, 0.4) is 0 Å². The molecule has 18 heavy (non-hydrogen) atoms. The molecule has 1 aliphatic heterocycles. The molecule has 2 aliphatic rings. The number of hydrogen-bond acceptors (Lipinski definition) is 3. The van der Waals surface area contributed by atoms with Crippen LogP contribution in [0.1, 0.15) is 46.5 Å². The van der Waals surface area contributed by atoms with Crippen LogP contribution in [0.25, 0.3) is 0 Å². The highest BCUT2D eigenvalue weighted by molar-refractivity contribution is 5.81. The molecule has 1 amide bonds. The van der Waals surface area contributed by atoms with Crippen molar-refractivity contribution in [3.63, 3.8) is 0 Å². The van der Waals surface area contributed by atoms with Crippen LogP contribution in [0.2, 0.25) is 0 Å². The number of nitrogens with zero attached hydrogens (tertiary/aromatic N) is 1. The van der Waals surface area contributed by atoms with Crippen molar-refractivity contribution in [3.8, 4) is 0 Å². The maximum absolute atomic E-state index is 12.2. The second-order valence-electron chi connectivity index (χ2n) is 6.50. The number of rotatable bonds is 1. The highest BCUT2D eigenvalue weighted by Gasteiger charge is 2.42. The van der Waals surface area contributed by atoms with E-state index in [1.807, 2.05) is 32.7 Å². The first-order valence-corrected chi connectivity index (χ1v) is 6.89. The van der Waals surface area contributed by atoms with E-state index < -0.39 is 0 Å². The zero-order valence-electron chi connectivity index (χ0n) is 12.0. The van der Waals surface area contributed by atoms with E-state index in [0.29, 0.717) is 19.3 Å². The maximum Gasteiger partial charge on any atom is 0.227 e. The van der Waals surface area contributed by atoms with E-state index in [1.54, 1.807) is 0 Å². The van der Waals surface area contributed by atoms with Crippen LogP contribution in [0, 0.1) is 5.41 Å². The summed E-state index contributed by atoms with van der Waals surface area (Å²) in [5, 5.41) is 0. The molecular weight excluding hydrogens is 230 g/mol. The fourth-order valence-electron chi connectivity index (χ4n) is 2.91. The predicted molar refractivity (Wildman–Crippen MR) is 69.1 cm³/mol. The van der Waals surface area contributed by atoms with Gasteiger partial charge in [0.1, 0.15) is 0 Å². The van der Waals surface area contributed by atoms with Gasteiger partial charge in [0.2, 0.25) is 5.91 Å². The van der Waals surface area contributed by atoms with E-state index in [-0.39, 0.29) is 17.1 Å². The molecule has 2 rings (SSSR count). The Bertz CT molecular complexity index is 305. The van der Waals surface area contributed by atoms with Crippen molar-refractivity contribution in [1.29, 1.82) is 0 Å². The first-order chi connectivity index (χ1) is 8.34. The summed E-state index contributed by atoms with van der Waals surface area (Å²) in [6.45, 7) is 7.33. The minimum atomic E-state index is -0.331. The van der Waals surface area contributed by atoms with Gasteiger partial charge in [-0.2, -0.15) is 0 Å². The van der Waals surface area contributed by atoms with Crippen molar-refractivity contribution >= 4 is 5.91 Å². The number of hydrogen-bond donors (Lipinski definition) is 0. The van der Waals surface area contributed by atoms with Crippen LogP contribution < -0.4 is 0 Å². The van der Waals surface area contributed by atoms with Crippen molar-refractivity contribution in [3.05, 3.63) is 0 Å². The van der Waals surface area contributed by atoms with Crippen LogP contribution in [-0.4, -0.2) is 42.9 Å². The Morgan fingerprint density at radius 3 is 2.11 bits per heavy atom. The maximum atomic E-state index is 12.2. The zero-order chi connectivity index (χ0) is 13.4. The second-order valence-corrected chi connectivity index (χ2v) is 6.50. The monoisotopic (exact) mass is 255 g/mol. The van der Waals surface area contributed by atoms with E-state index in [9.17, 15) is 4.79 Å². The van der Waals surface area contributed by atoms with Gasteiger partial charge >= 0.3 is 0 Å². The van der Waals surface area contributed by atoms with Crippen LogP contribution in [0.4, 0.5) is 0 Å². The highest BCUT2D eigenvalue weighted by atomic mass is 16.7. The molecule has 0 unspecified atom stereocenters. The third kappa shape index (κ3) is 2.69. The summed E-state index contributed by atoms with van der Waals surface area (Å²) in [4.78, 5) is 14.2. The molecule has 104 valence electrons. The summed E-state index contributed by atoms with van der Waals surface area (Å²) in [7, 11) is 1.92. The molecule has 1 aliphatic carbocycles. The van der Waals surface area contributed by atoms with E-state index in [2.05, 4.69) is 0 Å². The first-order valence-electron chi connectivity index (χ1n) is 6.89. The lowest BCUT2D eigenvalue weighted by Gasteiger charge is -2.40. The topological polar surface area (TPSA) is 38.8 Å². The van der Waals surface area contributed by atoms with Gasteiger partial charge in [-0.3, -0.25) is 4.79 Å². The van der Waals surface area contributed by atoms with Crippen LogP contribution in [0.5, 0.6) is 0 Å². The summed E-state index contributed by atoms with van der Waals surface area (Å²) in [5.74, 6) is -0.112. The van der Waals surface area contributed by atoms with Crippen molar-refractivity contribution in [2.45, 2.75) is 58.3 Å². The molecule has 0 aromatic rings. The highest BCUT2D eigenvalue weighted by Crippen LogP contribution is 2.37. The van der Waals surface area contributed by atoms with Gasteiger partial charge in [-0.1, -0.05) is 20.8 Å². The lowest BCUT2D eigenvalue weighted by Crippen LogP contribution is -2.47. The third-order valence-electron chi connectivity index (χ3n) is 4.04. The fourth-order valence-corrected chi connectivity index (χ4v) is 2.91. The van der Waals surface area contributed by atoms with Crippen molar-refractivity contribution in [1.82, 2.24) is 4.90 Å². The van der Waals surface area contributed by atoms with E-state index in [4.69, 9.17) is 9.47 Å². The minimum Gasteiger partial charge on any atom is -0.348 e. The lowest BCUT2D eigenvalue weighted by molar-refractivity contribution is -0.185. The van der Waals surface area contributed by atoms with E-state index in [0.717, 1.165) is 25.7 Å². The molecule has 1 heterocycles. The summed E-state index contributed by atoms with van der Waals surface area (Å²) >= 11 is 0. The Hall–Kier alpha value is -0.610. The third-order valence-corrected chi connectivity index (χ3v) is 4.04. The van der Waals surface area contributed by atoms with E-state index >= 15 is 0 Å². The zero-order valence-corrected chi connectivity index (χ0v) is 12.0. The molecule has 1 spiro atoms. The molecule has 0 radical (unpaired) electrons. The largest absolute Gasteiger partial charge is 0.348 e. The Balaban J connectivity index is 1.91. The van der Waals surface area contributed by atoms with Gasteiger partial charge in [-0.25, -0.2) is 0 Å². The summed E-state index contributed by atoms with van der Waals surface area (Å²) < 4.78 is 11.4. The molecule has 2 fully saturated rings. The molecule has 1 saturated heterocycles. The Morgan fingerprint density at radius 1 is 1.17 bits per heavy atom. The van der Waals surface area contributed by atoms with Gasteiger partial charge in [0.05, 0.1) is 13.2 Å². The Morgan fingerprint density at radius 2 is 1.67 bits per heavy atom. The molecule has 1 saturated carbocycles. The SMILES string of the molecule is CN(C(=O)C(C)(C)C)C1CCC2(CC1)OCCO2. The van der Waals surface area contributed by atoms with E-state index in [1.165, 1.54) is 0 Å². The average molecular weight is 255 g/mol. The van der Waals surface area contributed by atoms with Gasteiger partial charge in [0, 0.05) is 31.3 Å². The smallest absolute Gasteiger partial charge is 0.227 e. The van der Waals surface area contributed by atoms with Crippen LogP contribution in [-0.2, 0) is 14.3 Å². The van der Waals surface area contributed by atoms with Gasteiger partial charge in [-0.05, 0) is 12.8 Å². The van der Waals surface area contributed by atoms with Gasteiger partial charge in [0.15, 0.2) is 5.79 Å². The molecule has 0 atom stereocenters. The second kappa shape index (κ2) is 4.82. The van der Waals surface area contributed by atoms with Gasteiger partial charge < -0.3 is 14.4 Å². The number of amides is 1. The van der Waals surface area contributed by atoms with Crippen LogP contribution in [0.15, 0.2) is 0 Å². The lowest BCUT2D eigenvalue weighted by atomic mass is 9.87. The molecular formula is C14H25NO3. The number of carbonyl (C=O) groups excluding carboxylic acids is 1. The minimum absolute atomic E-state index is 0.219.